The minimum atomic E-state index is -3.74. The summed E-state index contributed by atoms with van der Waals surface area (Å²) >= 11 is 0. The molecule has 11 N–H and O–H groups in total. The third-order valence-corrected chi connectivity index (χ3v) is 10.5. The van der Waals surface area contributed by atoms with Gasteiger partial charge in [-0.2, -0.15) is 0 Å². The Hall–Kier alpha value is -6.38. The van der Waals surface area contributed by atoms with Gasteiger partial charge in [-0.25, -0.2) is 19.2 Å². The van der Waals surface area contributed by atoms with Crippen LogP contribution in [0.4, 0.5) is 0 Å². The van der Waals surface area contributed by atoms with E-state index in [1.54, 1.807) is 0 Å². The van der Waals surface area contributed by atoms with Crippen molar-refractivity contribution in [3.63, 3.8) is 0 Å². The molecule has 2 bridgehead atoms. The smallest absolute Gasteiger partial charge is 0.339 e. The highest BCUT2D eigenvalue weighted by Gasteiger charge is 2.88. The molecule has 2 aromatic rings. The lowest BCUT2D eigenvalue weighted by Gasteiger charge is -2.52. The fourth-order valence-electron chi connectivity index (χ4n) is 7.69. The maximum Gasteiger partial charge on any atom is 0.339 e. The van der Waals surface area contributed by atoms with Gasteiger partial charge in [-0.15, -0.1) is 0 Å². The standard InChI is InChI=1S/C34H26O24/c35-12-1-8(2-13(36)21(12)41)26(43)55-24-23-16(53-30(47)25(24)56-27(44)9-3-14(37)22(42)15(38)4-9)7-52-28(45)10-5-17(39)31(48)33(50)19(10)20-11(29(46)54-23)6-18(40)32(49,57-31)34(20,51)58-33/h1-6,16,19-20,23-25,30,35-38,41-42,47-51H,7H2. The molecule has 4 aliphatic heterocycles. The predicted molar refractivity (Wildman–Crippen MR) is 168 cm³/mol. The molecule has 2 aliphatic carbocycles. The van der Waals surface area contributed by atoms with E-state index in [1.807, 2.05) is 0 Å². The molecule has 0 spiro atoms. The molecule has 4 heterocycles. The van der Waals surface area contributed by atoms with Crippen molar-refractivity contribution in [2.75, 3.05) is 6.61 Å². The SMILES string of the molecule is O=C1OCC2OC(O)C(OC(=O)c3cc(O)c(O)c(O)c3)C(OC(=O)c3cc(O)c(O)c(O)c3)C2OC(=O)C2=CC(=O)C3(O)OC4(O)C(=O)C=C1C1C2C3(O)OC14O. The van der Waals surface area contributed by atoms with Crippen molar-refractivity contribution in [2.45, 2.75) is 53.9 Å². The van der Waals surface area contributed by atoms with Gasteiger partial charge in [-0.1, -0.05) is 0 Å². The van der Waals surface area contributed by atoms with Crippen LogP contribution in [0.1, 0.15) is 20.7 Å². The Morgan fingerprint density at radius 2 is 1.07 bits per heavy atom. The Bertz CT molecular complexity index is 2290. The topological polar surface area (TPSA) is 390 Å². The van der Waals surface area contributed by atoms with Crippen molar-refractivity contribution < 1.29 is 118 Å². The molecule has 24 heteroatoms. The average molecular weight is 819 g/mol. The van der Waals surface area contributed by atoms with Gasteiger partial charge >= 0.3 is 23.9 Å². The zero-order valence-electron chi connectivity index (χ0n) is 28.4. The fourth-order valence-corrected chi connectivity index (χ4v) is 7.69. The van der Waals surface area contributed by atoms with E-state index in [1.165, 1.54) is 0 Å². The molecule has 11 unspecified atom stereocenters. The molecule has 6 aliphatic rings. The van der Waals surface area contributed by atoms with E-state index in [0.29, 0.717) is 36.4 Å². The molecule has 24 nitrogen and oxygen atoms in total. The number of rotatable bonds is 4. The molecule has 0 radical (unpaired) electrons. The van der Waals surface area contributed by atoms with Crippen LogP contribution in [0.25, 0.3) is 0 Å². The van der Waals surface area contributed by atoms with Crippen molar-refractivity contribution in [3.05, 3.63) is 58.7 Å². The number of phenolic OH excluding ortho intramolecular Hbond substituents is 6. The summed E-state index contributed by atoms with van der Waals surface area (Å²) in [4.78, 5) is 81.5. The normalized spacial score (nSPS) is 37.4. The second-order valence-corrected chi connectivity index (χ2v) is 13.8. The quantitative estimate of drug-likeness (QED) is 0.0794. The van der Waals surface area contributed by atoms with Crippen LogP contribution in [0.2, 0.25) is 0 Å². The molecule has 306 valence electrons. The minimum Gasteiger partial charge on any atom is -0.504 e. The maximum atomic E-state index is 14.3. The molecular formula is C34H26O24. The number of carbonyl (C=O) groups is 6. The summed E-state index contributed by atoms with van der Waals surface area (Å²) in [7, 11) is 0. The van der Waals surface area contributed by atoms with Gasteiger partial charge in [0.05, 0.1) is 34.1 Å². The highest BCUT2D eigenvalue weighted by atomic mass is 16.9. The van der Waals surface area contributed by atoms with Crippen molar-refractivity contribution in [3.8, 4) is 34.5 Å². The Morgan fingerprint density at radius 1 is 0.638 bits per heavy atom. The van der Waals surface area contributed by atoms with Crippen LogP contribution in [0, 0.1) is 11.8 Å². The van der Waals surface area contributed by atoms with Crippen molar-refractivity contribution in [2.24, 2.45) is 11.8 Å². The van der Waals surface area contributed by atoms with Crippen LogP contribution < -0.4 is 0 Å². The van der Waals surface area contributed by atoms with Crippen LogP contribution in [0.3, 0.4) is 0 Å². The number of cyclic esters (lactones) is 1. The number of benzene rings is 2. The van der Waals surface area contributed by atoms with Crippen molar-refractivity contribution in [1.29, 1.82) is 0 Å². The monoisotopic (exact) mass is 818 g/mol. The van der Waals surface area contributed by atoms with E-state index >= 15 is 0 Å². The van der Waals surface area contributed by atoms with Gasteiger partial charge in [-0.05, 0) is 36.4 Å². The molecule has 11 atom stereocenters. The number of fused-ring (bicyclic) bond motifs is 1. The van der Waals surface area contributed by atoms with Crippen LogP contribution in [0.15, 0.2) is 47.6 Å². The molecule has 4 fully saturated rings. The van der Waals surface area contributed by atoms with Crippen LogP contribution >= 0.6 is 0 Å². The third kappa shape index (κ3) is 5.04. The Morgan fingerprint density at radius 3 is 1.53 bits per heavy atom. The van der Waals surface area contributed by atoms with E-state index < -0.39 is 165 Å². The van der Waals surface area contributed by atoms with Gasteiger partial charge in [-0.3, -0.25) is 14.3 Å². The Kier molecular flexibility index (Phi) is 8.17. The number of phenols is 6. The van der Waals surface area contributed by atoms with E-state index in [-0.39, 0.29) is 0 Å². The van der Waals surface area contributed by atoms with E-state index in [4.69, 9.17) is 33.2 Å². The number of hydrogen-bond acceptors (Lipinski definition) is 24. The van der Waals surface area contributed by atoms with E-state index in [9.17, 15) is 84.9 Å². The van der Waals surface area contributed by atoms with Gasteiger partial charge in [0.25, 0.3) is 11.6 Å². The summed E-state index contributed by atoms with van der Waals surface area (Å²) in [6, 6.07) is 2.37. The van der Waals surface area contributed by atoms with E-state index in [0.717, 1.165) is 0 Å². The van der Waals surface area contributed by atoms with Gasteiger partial charge in [0.15, 0.2) is 59.1 Å². The van der Waals surface area contributed by atoms with Gasteiger partial charge in [0, 0.05) is 0 Å². The lowest BCUT2D eigenvalue weighted by Crippen LogP contribution is -2.78. The summed E-state index contributed by atoms with van der Waals surface area (Å²) in [5, 5.41) is 117. The van der Waals surface area contributed by atoms with Gasteiger partial charge in [0.1, 0.15) is 12.7 Å². The van der Waals surface area contributed by atoms with Crippen LogP contribution in [-0.4, -0.2) is 152 Å². The molecule has 4 saturated heterocycles. The Balaban J connectivity index is 1.25. The maximum absolute atomic E-state index is 14.3. The number of ketones is 2. The lowest BCUT2D eigenvalue weighted by atomic mass is 9.67. The molecule has 8 rings (SSSR count). The second kappa shape index (κ2) is 12.3. The minimum absolute atomic E-state index is 0.295. The Labute approximate surface area is 319 Å². The third-order valence-electron chi connectivity index (χ3n) is 10.5. The number of aliphatic hydroxyl groups is 5. The highest BCUT2D eigenvalue weighted by molar-refractivity contribution is 6.10. The second-order valence-electron chi connectivity index (χ2n) is 13.8. The van der Waals surface area contributed by atoms with E-state index in [2.05, 4.69) is 0 Å². The summed E-state index contributed by atoms with van der Waals surface area (Å²) in [6.07, 6.45) is -10.8. The largest absolute Gasteiger partial charge is 0.504 e. The highest BCUT2D eigenvalue weighted by Crippen LogP contribution is 2.66. The molecule has 58 heavy (non-hydrogen) atoms. The summed E-state index contributed by atoms with van der Waals surface area (Å²) in [6.45, 7) is -1.14. The van der Waals surface area contributed by atoms with Crippen molar-refractivity contribution in [1.82, 2.24) is 0 Å². The number of hydrogen-bond donors (Lipinski definition) is 11. The molecule has 0 amide bonds. The van der Waals surface area contributed by atoms with Crippen LogP contribution in [0.5, 0.6) is 34.5 Å². The summed E-state index contributed by atoms with van der Waals surface area (Å²) < 4.78 is 37.3. The zero-order valence-corrected chi connectivity index (χ0v) is 28.4. The number of aromatic hydroxyl groups is 6. The summed E-state index contributed by atoms with van der Waals surface area (Å²) in [5.41, 5.74) is -3.42. The number of carbonyl (C=O) groups excluding carboxylic acids is 6. The first kappa shape index (κ1) is 38.5. The summed E-state index contributed by atoms with van der Waals surface area (Å²) in [5.74, 6) is -35.3. The first-order chi connectivity index (χ1) is 27.1. The number of esters is 4. The average Bonchev–Trinajstić information content (AvgIpc) is 3.40. The zero-order chi connectivity index (χ0) is 42.2. The molecule has 2 aromatic carbocycles. The molecule has 0 aromatic heterocycles. The first-order valence-electron chi connectivity index (χ1n) is 16.5. The van der Waals surface area contributed by atoms with Crippen molar-refractivity contribution >= 4 is 35.4 Å². The number of aliphatic hydroxyl groups excluding tert-OH is 1. The molecule has 0 saturated carbocycles. The molecular weight excluding hydrogens is 792 g/mol. The van der Waals surface area contributed by atoms with Gasteiger partial charge in [0.2, 0.25) is 23.1 Å². The first-order valence-corrected chi connectivity index (χ1v) is 16.5. The number of ether oxygens (including phenoxy) is 7. The predicted octanol–water partition coefficient (Wildman–Crippen LogP) is -4.08. The lowest BCUT2D eigenvalue weighted by molar-refractivity contribution is -0.516. The fraction of sp³-hybridized carbons (Fsp3) is 0.353. The van der Waals surface area contributed by atoms with Crippen LogP contribution in [-0.2, 0) is 52.3 Å². The van der Waals surface area contributed by atoms with Gasteiger partial charge < -0.3 is 84.6 Å².